The lowest BCUT2D eigenvalue weighted by Gasteiger charge is -2.34. The van der Waals surface area contributed by atoms with Crippen LogP contribution < -0.4 is 10.2 Å². The van der Waals surface area contributed by atoms with Crippen molar-refractivity contribution in [2.24, 2.45) is 0 Å². The summed E-state index contributed by atoms with van der Waals surface area (Å²) in [5, 5.41) is 21.2. The highest BCUT2D eigenvalue weighted by Crippen LogP contribution is 2.24. The Morgan fingerprint density at radius 3 is 2.81 bits per heavy atom. The van der Waals surface area contributed by atoms with E-state index in [1.54, 1.807) is 10.9 Å². The summed E-state index contributed by atoms with van der Waals surface area (Å²) in [6.45, 7) is 4.77. The molecule has 5 rings (SSSR count). The fraction of sp³-hybridized carbons (Fsp3) is 0.304. The van der Waals surface area contributed by atoms with Gasteiger partial charge in [-0.2, -0.15) is 10.4 Å². The summed E-state index contributed by atoms with van der Waals surface area (Å²) in [6.07, 6.45) is 5.98. The van der Waals surface area contributed by atoms with Crippen molar-refractivity contribution in [2.75, 3.05) is 43.4 Å². The van der Waals surface area contributed by atoms with Crippen LogP contribution in [0, 0.1) is 11.3 Å². The largest absolute Gasteiger partial charge is 0.369 e. The molecule has 0 unspecified atom stereocenters. The minimum absolute atomic E-state index is 0.430. The predicted octanol–water partition coefficient (Wildman–Crippen LogP) is 3.00. The van der Waals surface area contributed by atoms with Gasteiger partial charge in [-0.25, -0.2) is 9.50 Å². The molecule has 1 saturated heterocycles. The topological polar surface area (TPSA) is 90.3 Å². The van der Waals surface area contributed by atoms with E-state index in [1.165, 1.54) is 5.69 Å². The van der Waals surface area contributed by atoms with Crippen LogP contribution in [0.15, 0.2) is 55.0 Å². The number of anilines is 3. The van der Waals surface area contributed by atoms with Gasteiger partial charge in [0, 0.05) is 49.3 Å². The van der Waals surface area contributed by atoms with Crippen LogP contribution in [-0.4, -0.2) is 62.5 Å². The molecule has 0 aliphatic carbocycles. The molecule has 32 heavy (non-hydrogen) atoms. The number of hydrogen-bond acceptors (Lipinski definition) is 7. The number of fused-ring (bicyclic) bond motifs is 1. The minimum atomic E-state index is 0.430. The van der Waals surface area contributed by atoms with Gasteiger partial charge in [-0.1, -0.05) is 6.07 Å². The van der Waals surface area contributed by atoms with Crippen molar-refractivity contribution in [1.29, 1.82) is 5.26 Å². The number of aryl methyl sites for hydroxylation is 1. The molecular formula is C23H25N9. The molecular weight excluding hydrogens is 402 g/mol. The minimum Gasteiger partial charge on any atom is -0.369 e. The Bertz CT molecular complexity index is 1260. The molecule has 0 radical (unpaired) electrons. The van der Waals surface area contributed by atoms with Crippen molar-refractivity contribution < 1.29 is 0 Å². The molecule has 1 aliphatic heterocycles. The summed E-state index contributed by atoms with van der Waals surface area (Å²) in [7, 11) is 2.16. The third-order valence-electron chi connectivity index (χ3n) is 5.75. The second kappa shape index (κ2) is 8.69. The molecule has 4 heterocycles. The molecule has 1 aliphatic rings. The maximum atomic E-state index is 8.79. The lowest BCUT2D eigenvalue weighted by molar-refractivity contribution is 0.313. The number of benzene rings is 1. The van der Waals surface area contributed by atoms with Crippen LogP contribution in [0.25, 0.3) is 16.8 Å². The monoisotopic (exact) mass is 427 g/mol. The molecule has 0 bridgehead atoms. The molecule has 1 aromatic carbocycles. The van der Waals surface area contributed by atoms with Crippen LogP contribution >= 0.6 is 0 Å². The smallest absolute Gasteiger partial charge is 0.245 e. The number of piperazine rings is 1. The van der Waals surface area contributed by atoms with Crippen LogP contribution in [0.2, 0.25) is 0 Å². The van der Waals surface area contributed by atoms with Gasteiger partial charge in [0.15, 0.2) is 0 Å². The van der Waals surface area contributed by atoms with Gasteiger partial charge in [0.25, 0.3) is 0 Å². The molecule has 1 N–H and O–H groups in total. The molecule has 3 aromatic heterocycles. The lowest BCUT2D eigenvalue weighted by atomic mass is 10.2. The average Bonchev–Trinajstić information content (AvgIpc) is 3.45. The number of rotatable bonds is 6. The Balaban J connectivity index is 1.38. The van der Waals surface area contributed by atoms with Crippen molar-refractivity contribution in [3.05, 3.63) is 55.0 Å². The van der Waals surface area contributed by atoms with Crippen LogP contribution in [0.5, 0.6) is 0 Å². The van der Waals surface area contributed by atoms with Crippen LogP contribution in [0.3, 0.4) is 0 Å². The zero-order chi connectivity index (χ0) is 21.9. The maximum Gasteiger partial charge on any atom is 0.245 e. The molecule has 0 saturated carbocycles. The number of nitrogens with one attached hydrogen (secondary N) is 1. The SMILES string of the molecule is CN1CCN(c2cccc(Nc3ncc4ccc(-c5cnn(CCC#N)c5)n4n3)c2)CC1. The molecule has 9 heteroatoms. The van der Waals surface area contributed by atoms with Gasteiger partial charge >= 0.3 is 0 Å². The van der Waals surface area contributed by atoms with Crippen molar-refractivity contribution in [3.63, 3.8) is 0 Å². The molecule has 0 amide bonds. The maximum absolute atomic E-state index is 8.79. The number of nitriles is 1. The second-order valence-electron chi connectivity index (χ2n) is 8.00. The van der Waals surface area contributed by atoms with E-state index in [-0.39, 0.29) is 0 Å². The van der Waals surface area contributed by atoms with Crippen LogP contribution in [-0.2, 0) is 6.54 Å². The first-order valence-electron chi connectivity index (χ1n) is 10.7. The van der Waals surface area contributed by atoms with E-state index in [4.69, 9.17) is 10.4 Å². The Kier molecular flexibility index (Phi) is 5.44. The number of aromatic nitrogens is 5. The van der Waals surface area contributed by atoms with E-state index >= 15 is 0 Å². The number of nitrogens with zero attached hydrogens (tertiary/aromatic N) is 8. The number of likely N-dealkylation sites (N-methyl/N-ethyl adjacent to an activating group) is 1. The van der Waals surface area contributed by atoms with Crippen molar-refractivity contribution in [3.8, 4) is 17.3 Å². The molecule has 162 valence electrons. The normalized spacial score (nSPS) is 14.6. The van der Waals surface area contributed by atoms with E-state index in [2.05, 4.69) is 56.5 Å². The van der Waals surface area contributed by atoms with Gasteiger partial charge < -0.3 is 15.1 Å². The van der Waals surface area contributed by atoms with Gasteiger partial charge in [-0.05, 0) is 37.4 Å². The first-order valence-corrected chi connectivity index (χ1v) is 10.7. The standard InChI is InChI=1S/C23H25N9/c1-29-10-12-30(13-11-29)20-5-2-4-19(14-20)27-23-25-16-21-6-7-22(32(21)28-23)18-15-26-31(17-18)9-3-8-24/h2,4-7,14-17H,3,9-13H2,1H3,(H,27,28). The zero-order valence-corrected chi connectivity index (χ0v) is 18.0. The van der Waals surface area contributed by atoms with Crippen molar-refractivity contribution >= 4 is 22.8 Å². The highest BCUT2D eigenvalue weighted by atomic mass is 15.3. The Morgan fingerprint density at radius 2 is 1.97 bits per heavy atom. The molecule has 0 atom stereocenters. The third-order valence-corrected chi connectivity index (χ3v) is 5.75. The third kappa shape index (κ3) is 4.13. The lowest BCUT2D eigenvalue weighted by Crippen LogP contribution is -2.44. The summed E-state index contributed by atoms with van der Waals surface area (Å²) in [5.41, 5.74) is 4.94. The summed E-state index contributed by atoms with van der Waals surface area (Å²) in [6, 6.07) is 14.5. The van der Waals surface area contributed by atoms with E-state index in [1.807, 2.05) is 35.1 Å². The molecule has 1 fully saturated rings. The first kappa shape index (κ1) is 20.0. The van der Waals surface area contributed by atoms with Gasteiger partial charge in [0.05, 0.1) is 42.6 Å². The summed E-state index contributed by atoms with van der Waals surface area (Å²) in [4.78, 5) is 9.24. The Hall–Kier alpha value is -3.90. The quantitative estimate of drug-likeness (QED) is 0.506. The summed E-state index contributed by atoms with van der Waals surface area (Å²) < 4.78 is 3.65. The van der Waals surface area contributed by atoms with Crippen LogP contribution in [0.1, 0.15) is 6.42 Å². The highest BCUT2D eigenvalue weighted by molar-refractivity contribution is 5.66. The van der Waals surface area contributed by atoms with Crippen molar-refractivity contribution in [1.82, 2.24) is 29.3 Å². The Labute approximate surface area is 186 Å². The van der Waals surface area contributed by atoms with Gasteiger partial charge in [0.2, 0.25) is 5.95 Å². The number of hydrogen-bond donors (Lipinski definition) is 1. The molecule has 4 aromatic rings. The average molecular weight is 428 g/mol. The Morgan fingerprint density at radius 1 is 1.09 bits per heavy atom. The fourth-order valence-electron chi connectivity index (χ4n) is 3.93. The van der Waals surface area contributed by atoms with E-state index < -0.39 is 0 Å². The zero-order valence-electron chi connectivity index (χ0n) is 18.0. The first-order chi connectivity index (χ1) is 15.7. The van der Waals surface area contributed by atoms with Gasteiger partial charge in [0.1, 0.15) is 0 Å². The second-order valence-corrected chi connectivity index (χ2v) is 8.00. The van der Waals surface area contributed by atoms with E-state index in [0.717, 1.165) is 48.6 Å². The van der Waals surface area contributed by atoms with Gasteiger partial charge in [-0.15, -0.1) is 5.10 Å². The summed E-state index contributed by atoms with van der Waals surface area (Å²) in [5.74, 6) is 0.530. The van der Waals surface area contributed by atoms with E-state index in [9.17, 15) is 0 Å². The van der Waals surface area contributed by atoms with Crippen LogP contribution in [0.4, 0.5) is 17.3 Å². The molecule has 9 nitrogen and oxygen atoms in total. The predicted molar refractivity (Wildman–Crippen MR) is 124 cm³/mol. The molecule has 0 spiro atoms. The summed E-state index contributed by atoms with van der Waals surface area (Å²) >= 11 is 0. The van der Waals surface area contributed by atoms with Gasteiger partial charge in [-0.3, -0.25) is 4.68 Å². The van der Waals surface area contributed by atoms with Crippen molar-refractivity contribution in [2.45, 2.75) is 13.0 Å². The highest BCUT2D eigenvalue weighted by Gasteiger charge is 2.15. The van der Waals surface area contributed by atoms with E-state index in [0.29, 0.717) is 18.9 Å². The fourth-order valence-corrected chi connectivity index (χ4v) is 3.93.